The molecule has 0 saturated carbocycles. The van der Waals surface area contributed by atoms with Crippen LogP contribution in [0, 0.1) is 0 Å². The van der Waals surface area contributed by atoms with Gasteiger partial charge in [0.1, 0.15) is 12.3 Å². The third-order valence-corrected chi connectivity index (χ3v) is 2.50. The van der Waals surface area contributed by atoms with E-state index in [9.17, 15) is 4.79 Å². The van der Waals surface area contributed by atoms with Crippen molar-refractivity contribution in [2.24, 2.45) is 0 Å². The molecule has 0 N–H and O–H groups in total. The number of hydrogen-bond acceptors (Lipinski definition) is 5. The van der Waals surface area contributed by atoms with E-state index in [0.717, 1.165) is 5.69 Å². The van der Waals surface area contributed by atoms with Crippen molar-refractivity contribution in [2.75, 3.05) is 26.9 Å². The lowest BCUT2D eigenvalue weighted by Crippen LogP contribution is -2.16. The molecule has 2 aromatic rings. The van der Waals surface area contributed by atoms with Crippen molar-refractivity contribution < 1.29 is 14.3 Å². The largest absolute Gasteiger partial charge is 0.382 e. The number of para-hydroxylation sites is 1. The molecule has 0 aliphatic heterocycles. The number of rotatable bonds is 7. The van der Waals surface area contributed by atoms with Gasteiger partial charge in [-0.2, -0.15) is 0 Å². The standard InChI is InChI=1S/C13H15N3O3/c1-18-7-8-19-10-13(17)12-9-14-15-16(12)11-5-3-2-4-6-11/h2-6,9H,7-8,10H2,1H3. The average molecular weight is 261 g/mol. The number of ketones is 1. The summed E-state index contributed by atoms with van der Waals surface area (Å²) in [6.07, 6.45) is 1.44. The van der Waals surface area contributed by atoms with Crippen LogP contribution >= 0.6 is 0 Å². The maximum Gasteiger partial charge on any atom is 0.208 e. The highest BCUT2D eigenvalue weighted by Gasteiger charge is 2.14. The van der Waals surface area contributed by atoms with Crippen molar-refractivity contribution >= 4 is 5.78 Å². The molecule has 100 valence electrons. The Morgan fingerprint density at radius 2 is 2.05 bits per heavy atom. The van der Waals surface area contributed by atoms with Crippen LogP contribution in [0.4, 0.5) is 0 Å². The normalized spacial score (nSPS) is 10.6. The predicted molar refractivity (Wildman–Crippen MR) is 68.4 cm³/mol. The second-order valence-corrected chi connectivity index (χ2v) is 3.84. The molecule has 1 aromatic carbocycles. The summed E-state index contributed by atoms with van der Waals surface area (Å²) in [6, 6.07) is 9.37. The van der Waals surface area contributed by atoms with Crippen LogP contribution in [0.3, 0.4) is 0 Å². The Hall–Kier alpha value is -2.05. The highest BCUT2D eigenvalue weighted by Crippen LogP contribution is 2.09. The zero-order valence-electron chi connectivity index (χ0n) is 10.7. The molecule has 2 rings (SSSR count). The first kappa shape index (κ1) is 13.4. The van der Waals surface area contributed by atoms with E-state index >= 15 is 0 Å². The van der Waals surface area contributed by atoms with Crippen LogP contribution in [-0.4, -0.2) is 47.7 Å². The highest BCUT2D eigenvalue weighted by molar-refractivity contribution is 5.95. The molecule has 0 fully saturated rings. The molecule has 0 spiro atoms. The van der Waals surface area contributed by atoms with Gasteiger partial charge in [0, 0.05) is 7.11 Å². The van der Waals surface area contributed by atoms with Crippen molar-refractivity contribution in [3.63, 3.8) is 0 Å². The predicted octanol–water partition coefficient (Wildman–Crippen LogP) is 1.11. The molecule has 0 aliphatic carbocycles. The Morgan fingerprint density at radius 1 is 1.26 bits per heavy atom. The summed E-state index contributed by atoms with van der Waals surface area (Å²) in [5.41, 5.74) is 1.20. The van der Waals surface area contributed by atoms with E-state index in [1.807, 2.05) is 30.3 Å². The molecule has 1 heterocycles. The minimum atomic E-state index is -0.162. The monoisotopic (exact) mass is 261 g/mol. The fourth-order valence-corrected chi connectivity index (χ4v) is 1.57. The second kappa shape index (κ2) is 6.77. The zero-order valence-corrected chi connectivity index (χ0v) is 10.7. The van der Waals surface area contributed by atoms with E-state index in [1.165, 1.54) is 10.9 Å². The molecule has 0 saturated heterocycles. The minimum Gasteiger partial charge on any atom is -0.382 e. The fraction of sp³-hybridized carbons (Fsp3) is 0.308. The van der Waals surface area contributed by atoms with E-state index in [-0.39, 0.29) is 12.4 Å². The second-order valence-electron chi connectivity index (χ2n) is 3.84. The highest BCUT2D eigenvalue weighted by atomic mass is 16.5. The van der Waals surface area contributed by atoms with Gasteiger partial charge in [-0.1, -0.05) is 23.4 Å². The summed E-state index contributed by atoms with van der Waals surface area (Å²) in [5.74, 6) is -0.162. The third-order valence-electron chi connectivity index (χ3n) is 2.50. The molecule has 0 bridgehead atoms. The zero-order chi connectivity index (χ0) is 13.5. The number of Topliss-reactive ketones (excluding diaryl/α,β-unsaturated/α-hetero) is 1. The number of benzene rings is 1. The number of carbonyl (C=O) groups excluding carboxylic acids is 1. The van der Waals surface area contributed by atoms with Gasteiger partial charge < -0.3 is 9.47 Å². The Kier molecular flexibility index (Phi) is 4.77. The third kappa shape index (κ3) is 3.46. The van der Waals surface area contributed by atoms with Crippen molar-refractivity contribution in [2.45, 2.75) is 0 Å². The van der Waals surface area contributed by atoms with E-state index in [0.29, 0.717) is 18.9 Å². The fourth-order valence-electron chi connectivity index (χ4n) is 1.57. The molecule has 19 heavy (non-hydrogen) atoms. The van der Waals surface area contributed by atoms with E-state index in [1.54, 1.807) is 7.11 Å². The van der Waals surface area contributed by atoms with E-state index < -0.39 is 0 Å². The van der Waals surface area contributed by atoms with E-state index in [2.05, 4.69) is 10.3 Å². The Morgan fingerprint density at radius 3 is 2.79 bits per heavy atom. The number of hydrogen-bond donors (Lipinski definition) is 0. The van der Waals surface area contributed by atoms with Crippen LogP contribution in [0.1, 0.15) is 10.5 Å². The first-order chi connectivity index (χ1) is 9.33. The number of carbonyl (C=O) groups is 1. The molecule has 0 amide bonds. The number of methoxy groups -OCH3 is 1. The average Bonchev–Trinajstić information content (AvgIpc) is 2.94. The maximum absolute atomic E-state index is 12.0. The van der Waals surface area contributed by atoms with Crippen LogP contribution in [0.15, 0.2) is 36.5 Å². The van der Waals surface area contributed by atoms with Gasteiger partial charge in [0.15, 0.2) is 0 Å². The first-order valence-electron chi connectivity index (χ1n) is 5.89. The Bertz CT molecular complexity index is 525. The Balaban J connectivity index is 2.05. The van der Waals surface area contributed by atoms with Crippen LogP contribution in [0.2, 0.25) is 0 Å². The smallest absolute Gasteiger partial charge is 0.208 e. The van der Waals surface area contributed by atoms with Crippen molar-refractivity contribution in [1.29, 1.82) is 0 Å². The van der Waals surface area contributed by atoms with Gasteiger partial charge in [0.25, 0.3) is 0 Å². The molecule has 6 nitrogen and oxygen atoms in total. The lowest BCUT2D eigenvalue weighted by Gasteiger charge is -2.05. The molecule has 1 aromatic heterocycles. The van der Waals surface area contributed by atoms with Crippen LogP contribution in [0.5, 0.6) is 0 Å². The number of nitrogens with zero attached hydrogens (tertiary/aromatic N) is 3. The van der Waals surface area contributed by atoms with Gasteiger partial charge in [0.05, 0.1) is 25.1 Å². The summed E-state index contributed by atoms with van der Waals surface area (Å²) in [7, 11) is 1.58. The SMILES string of the molecule is COCCOCC(=O)c1cnnn1-c1ccccc1. The molecule has 0 atom stereocenters. The molecule has 0 radical (unpaired) electrons. The molecular weight excluding hydrogens is 246 g/mol. The molecular formula is C13H15N3O3. The van der Waals surface area contributed by atoms with Gasteiger partial charge in [-0.05, 0) is 12.1 Å². The van der Waals surface area contributed by atoms with Crippen molar-refractivity contribution in [3.05, 3.63) is 42.2 Å². The summed E-state index contributed by atoms with van der Waals surface area (Å²) >= 11 is 0. The van der Waals surface area contributed by atoms with Gasteiger partial charge in [-0.3, -0.25) is 4.79 Å². The van der Waals surface area contributed by atoms with Crippen LogP contribution in [0.25, 0.3) is 5.69 Å². The number of aromatic nitrogens is 3. The van der Waals surface area contributed by atoms with Crippen molar-refractivity contribution in [3.8, 4) is 5.69 Å². The molecule has 0 aliphatic rings. The van der Waals surface area contributed by atoms with Gasteiger partial charge in [0.2, 0.25) is 5.78 Å². The Labute approximate surface area is 110 Å². The quantitative estimate of drug-likeness (QED) is 0.552. The summed E-state index contributed by atoms with van der Waals surface area (Å²) in [6.45, 7) is 0.836. The summed E-state index contributed by atoms with van der Waals surface area (Å²) in [4.78, 5) is 12.0. The topological polar surface area (TPSA) is 66.2 Å². The summed E-state index contributed by atoms with van der Waals surface area (Å²) in [5, 5.41) is 7.69. The first-order valence-corrected chi connectivity index (χ1v) is 5.89. The molecule has 0 unspecified atom stereocenters. The molecule has 6 heteroatoms. The van der Waals surface area contributed by atoms with Crippen LogP contribution in [-0.2, 0) is 9.47 Å². The van der Waals surface area contributed by atoms with Gasteiger partial charge >= 0.3 is 0 Å². The minimum absolute atomic E-state index is 0.0104. The van der Waals surface area contributed by atoms with Gasteiger partial charge in [-0.15, -0.1) is 5.10 Å². The van der Waals surface area contributed by atoms with Crippen molar-refractivity contribution in [1.82, 2.24) is 15.0 Å². The lowest BCUT2D eigenvalue weighted by molar-refractivity contribution is 0.0571. The number of ether oxygens (including phenoxy) is 2. The summed E-state index contributed by atoms with van der Waals surface area (Å²) < 4.78 is 11.6. The lowest BCUT2D eigenvalue weighted by atomic mass is 10.3. The van der Waals surface area contributed by atoms with Crippen LogP contribution < -0.4 is 0 Å². The maximum atomic E-state index is 12.0. The van der Waals surface area contributed by atoms with E-state index in [4.69, 9.17) is 9.47 Å². The van der Waals surface area contributed by atoms with Gasteiger partial charge in [-0.25, -0.2) is 4.68 Å².